The van der Waals surface area contributed by atoms with Crippen molar-refractivity contribution in [3.05, 3.63) is 58.6 Å². The van der Waals surface area contributed by atoms with Gasteiger partial charge in [0.15, 0.2) is 9.84 Å². The van der Waals surface area contributed by atoms with E-state index in [1.807, 2.05) is 13.8 Å². The van der Waals surface area contributed by atoms with Crippen molar-refractivity contribution in [3.63, 3.8) is 0 Å². The number of amides is 2. The average Bonchev–Trinajstić information content (AvgIpc) is 2.62. The Hall–Kier alpha value is -2.38. The summed E-state index contributed by atoms with van der Waals surface area (Å²) in [6, 6.07) is 10.5. The number of carbonyl (C=O) groups excluding carboxylic acids is 2. The number of halogens is 1. The van der Waals surface area contributed by atoms with E-state index in [0.29, 0.717) is 24.3 Å². The molecule has 0 fully saturated rings. The quantitative estimate of drug-likeness (QED) is 0.793. The van der Waals surface area contributed by atoms with Crippen LogP contribution in [0.3, 0.4) is 0 Å². The van der Waals surface area contributed by atoms with Gasteiger partial charge in [0, 0.05) is 30.6 Å². The number of rotatable bonds is 6. The second kappa shape index (κ2) is 8.54. The fourth-order valence-corrected chi connectivity index (χ4v) is 3.35. The molecule has 0 atom stereocenters. The minimum absolute atomic E-state index is 0.0113. The number of nitrogens with zero attached hydrogens (tertiary/aromatic N) is 1. The number of anilines is 1. The van der Waals surface area contributed by atoms with Gasteiger partial charge in [0.2, 0.25) is 0 Å². The minimum atomic E-state index is -3.46. The number of hydrogen-bond acceptors (Lipinski definition) is 4. The van der Waals surface area contributed by atoms with E-state index in [1.165, 1.54) is 18.2 Å². The van der Waals surface area contributed by atoms with Gasteiger partial charge in [-0.2, -0.15) is 0 Å². The summed E-state index contributed by atoms with van der Waals surface area (Å²) in [5.41, 5.74) is 1.05. The predicted molar refractivity (Wildman–Crippen MR) is 106 cm³/mol. The Kier molecular flexibility index (Phi) is 6.62. The van der Waals surface area contributed by atoms with E-state index in [-0.39, 0.29) is 21.4 Å². The monoisotopic (exact) mass is 408 g/mol. The lowest BCUT2D eigenvalue weighted by Gasteiger charge is -2.18. The summed E-state index contributed by atoms with van der Waals surface area (Å²) in [7, 11) is -3.46. The van der Waals surface area contributed by atoms with Crippen LogP contribution in [-0.2, 0) is 9.84 Å². The summed E-state index contributed by atoms with van der Waals surface area (Å²) >= 11 is 6.04. The Morgan fingerprint density at radius 3 is 2.15 bits per heavy atom. The number of nitrogens with one attached hydrogen (secondary N) is 1. The van der Waals surface area contributed by atoms with E-state index < -0.39 is 15.7 Å². The third kappa shape index (κ3) is 5.08. The molecule has 2 aromatic rings. The van der Waals surface area contributed by atoms with Crippen LogP contribution < -0.4 is 5.32 Å². The summed E-state index contributed by atoms with van der Waals surface area (Å²) in [5, 5.41) is 2.80. The topological polar surface area (TPSA) is 83.6 Å². The van der Waals surface area contributed by atoms with Gasteiger partial charge in [0.05, 0.1) is 15.5 Å². The van der Waals surface area contributed by atoms with Crippen molar-refractivity contribution < 1.29 is 18.0 Å². The van der Waals surface area contributed by atoms with Crippen molar-refractivity contribution in [1.82, 2.24) is 4.90 Å². The van der Waals surface area contributed by atoms with E-state index in [0.717, 1.165) is 6.26 Å². The standard InChI is InChI=1S/C19H21ClN2O4S/c1-4-22(5-2)19(24)13-6-8-14(9-7-13)21-18(23)16-12-15(27(3,25)26)10-11-17(16)20/h6-12H,4-5H2,1-3H3,(H,21,23). The largest absolute Gasteiger partial charge is 0.339 e. The number of carbonyl (C=O) groups is 2. The number of benzene rings is 2. The number of sulfone groups is 1. The first-order valence-electron chi connectivity index (χ1n) is 8.37. The third-order valence-corrected chi connectivity index (χ3v) is 5.49. The van der Waals surface area contributed by atoms with Gasteiger partial charge in [-0.15, -0.1) is 0 Å². The molecule has 0 unspecified atom stereocenters. The molecule has 0 aliphatic carbocycles. The summed E-state index contributed by atoms with van der Waals surface area (Å²) < 4.78 is 23.3. The first-order chi connectivity index (χ1) is 12.7. The van der Waals surface area contributed by atoms with Crippen LogP contribution in [0.25, 0.3) is 0 Å². The van der Waals surface area contributed by atoms with E-state index in [2.05, 4.69) is 5.32 Å². The smallest absolute Gasteiger partial charge is 0.257 e. The van der Waals surface area contributed by atoms with Crippen molar-refractivity contribution in [2.75, 3.05) is 24.7 Å². The molecule has 0 heterocycles. The molecule has 2 rings (SSSR count). The normalized spacial score (nSPS) is 11.1. The molecule has 8 heteroatoms. The SMILES string of the molecule is CCN(CC)C(=O)c1ccc(NC(=O)c2cc(S(C)(=O)=O)ccc2Cl)cc1. The lowest BCUT2D eigenvalue weighted by Crippen LogP contribution is -2.30. The zero-order chi connectivity index (χ0) is 20.2. The first kappa shape index (κ1) is 20.9. The van der Waals surface area contributed by atoms with Crippen molar-refractivity contribution in [2.24, 2.45) is 0 Å². The molecular weight excluding hydrogens is 388 g/mol. The fraction of sp³-hybridized carbons (Fsp3) is 0.263. The molecule has 27 heavy (non-hydrogen) atoms. The lowest BCUT2D eigenvalue weighted by atomic mass is 10.1. The molecule has 6 nitrogen and oxygen atoms in total. The van der Waals surface area contributed by atoms with Crippen LogP contribution in [0.2, 0.25) is 5.02 Å². The van der Waals surface area contributed by atoms with E-state index in [9.17, 15) is 18.0 Å². The van der Waals surface area contributed by atoms with Gasteiger partial charge in [-0.3, -0.25) is 9.59 Å². The molecular formula is C19H21ClN2O4S. The van der Waals surface area contributed by atoms with Crippen LogP contribution in [0.4, 0.5) is 5.69 Å². The predicted octanol–water partition coefficient (Wildman–Crippen LogP) is 3.48. The maximum Gasteiger partial charge on any atom is 0.257 e. The molecule has 0 aliphatic rings. The van der Waals surface area contributed by atoms with E-state index in [1.54, 1.807) is 29.2 Å². The maximum atomic E-state index is 12.5. The Balaban J connectivity index is 2.21. The zero-order valence-corrected chi connectivity index (χ0v) is 16.9. The highest BCUT2D eigenvalue weighted by atomic mass is 35.5. The van der Waals surface area contributed by atoms with E-state index in [4.69, 9.17) is 11.6 Å². The molecule has 0 bridgehead atoms. The molecule has 0 spiro atoms. The summed E-state index contributed by atoms with van der Waals surface area (Å²) in [4.78, 5) is 26.5. The van der Waals surface area contributed by atoms with Crippen LogP contribution >= 0.6 is 11.6 Å². The van der Waals surface area contributed by atoms with Gasteiger partial charge in [-0.05, 0) is 56.3 Å². The molecule has 2 amide bonds. The Morgan fingerprint density at radius 2 is 1.63 bits per heavy atom. The number of hydrogen-bond donors (Lipinski definition) is 1. The van der Waals surface area contributed by atoms with Gasteiger partial charge in [-0.25, -0.2) is 8.42 Å². The molecule has 2 aromatic carbocycles. The van der Waals surface area contributed by atoms with Gasteiger partial charge >= 0.3 is 0 Å². The van der Waals surface area contributed by atoms with Crippen LogP contribution in [0, 0.1) is 0 Å². The fourth-order valence-electron chi connectivity index (χ4n) is 2.50. The highest BCUT2D eigenvalue weighted by Gasteiger charge is 2.16. The second-order valence-electron chi connectivity index (χ2n) is 5.92. The molecule has 0 radical (unpaired) electrons. The van der Waals surface area contributed by atoms with Gasteiger partial charge < -0.3 is 10.2 Å². The first-order valence-corrected chi connectivity index (χ1v) is 10.6. The van der Waals surface area contributed by atoms with Crippen LogP contribution in [0.1, 0.15) is 34.6 Å². The molecule has 0 saturated carbocycles. The molecule has 0 aromatic heterocycles. The Labute approximate surface area is 164 Å². The van der Waals surface area contributed by atoms with Gasteiger partial charge in [0.25, 0.3) is 11.8 Å². The maximum absolute atomic E-state index is 12.5. The Morgan fingerprint density at radius 1 is 1.04 bits per heavy atom. The third-order valence-electron chi connectivity index (χ3n) is 4.05. The van der Waals surface area contributed by atoms with Crippen molar-refractivity contribution in [2.45, 2.75) is 18.7 Å². The molecule has 0 saturated heterocycles. The van der Waals surface area contributed by atoms with E-state index >= 15 is 0 Å². The van der Waals surface area contributed by atoms with Crippen LogP contribution in [0.15, 0.2) is 47.4 Å². The van der Waals surface area contributed by atoms with Gasteiger partial charge in [0.1, 0.15) is 0 Å². The summed E-state index contributed by atoms with van der Waals surface area (Å²) in [6.07, 6.45) is 1.06. The lowest BCUT2D eigenvalue weighted by molar-refractivity contribution is 0.0773. The molecule has 0 aliphatic heterocycles. The summed E-state index contributed by atoms with van der Waals surface area (Å²) in [6.45, 7) is 5.04. The average molecular weight is 409 g/mol. The second-order valence-corrected chi connectivity index (χ2v) is 8.35. The van der Waals surface area contributed by atoms with Crippen molar-refractivity contribution in [3.8, 4) is 0 Å². The molecule has 1 N–H and O–H groups in total. The molecule has 144 valence electrons. The van der Waals surface area contributed by atoms with Gasteiger partial charge in [-0.1, -0.05) is 11.6 Å². The van der Waals surface area contributed by atoms with Crippen LogP contribution in [0.5, 0.6) is 0 Å². The Bertz CT molecular complexity index is 952. The minimum Gasteiger partial charge on any atom is -0.339 e. The highest BCUT2D eigenvalue weighted by molar-refractivity contribution is 7.90. The van der Waals surface area contributed by atoms with Crippen molar-refractivity contribution >= 4 is 38.9 Å². The zero-order valence-electron chi connectivity index (χ0n) is 15.3. The van der Waals surface area contributed by atoms with Crippen LogP contribution in [-0.4, -0.2) is 44.5 Å². The highest BCUT2D eigenvalue weighted by Crippen LogP contribution is 2.22. The summed E-state index contributed by atoms with van der Waals surface area (Å²) in [5.74, 6) is -0.616. The van der Waals surface area contributed by atoms with Crippen molar-refractivity contribution in [1.29, 1.82) is 0 Å².